The molecule has 0 fully saturated rings. The number of aromatic nitrogens is 1. The van der Waals surface area contributed by atoms with Gasteiger partial charge in [0.2, 0.25) is 5.13 Å². The largest absolute Gasteiger partial charge is 0.378 e. The SMILES string of the molecule is CN(C)c1ccc(C=Nc2nccs2)cc1. The Kier molecular flexibility index (Phi) is 3.31. The quantitative estimate of drug-likeness (QED) is 0.760. The van der Waals surface area contributed by atoms with Crippen molar-refractivity contribution in [3.63, 3.8) is 0 Å². The molecule has 1 aromatic heterocycles. The summed E-state index contributed by atoms with van der Waals surface area (Å²) in [6, 6.07) is 8.24. The Morgan fingerprint density at radius 2 is 2.00 bits per heavy atom. The summed E-state index contributed by atoms with van der Waals surface area (Å²) < 4.78 is 0. The Morgan fingerprint density at radius 1 is 1.25 bits per heavy atom. The normalized spacial score (nSPS) is 10.9. The molecule has 2 rings (SSSR count). The maximum atomic E-state index is 4.28. The molecule has 0 atom stereocenters. The fourth-order valence-electron chi connectivity index (χ4n) is 1.27. The molecule has 2 aromatic rings. The predicted octanol–water partition coefficient (Wildman–Crippen LogP) is 2.96. The Hall–Kier alpha value is -1.68. The third-order valence-corrected chi connectivity index (χ3v) is 2.83. The lowest BCUT2D eigenvalue weighted by Gasteiger charge is -2.11. The van der Waals surface area contributed by atoms with Crippen LogP contribution in [0.1, 0.15) is 5.56 Å². The summed E-state index contributed by atoms with van der Waals surface area (Å²) in [6.45, 7) is 0. The smallest absolute Gasteiger partial charge is 0.208 e. The molecule has 0 spiro atoms. The van der Waals surface area contributed by atoms with E-state index in [9.17, 15) is 0 Å². The fourth-order valence-corrected chi connectivity index (χ4v) is 1.75. The number of benzene rings is 1. The van der Waals surface area contributed by atoms with Crippen molar-refractivity contribution >= 4 is 28.4 Å². The van der Waals surface area contributed by atoms with E-state index in [1.54, 1.807) is 6.20 Å². The van der Waals surface area contributed by atoms with E-state index in [0.29, 0.717) is 0 Å². The Bertz CT molecular complexity index is 458. The molecule has 0 aliphatic rings. The van der Waals surface area contributed by atoms with Crippen molar-refractivity contribution in [1.82, 2.24) is 4.98 Å². The highest BCUT2D eigenvalue weighted by Gasteiger charge is 1.94. The maximum Gasteiger partial charge on any atom is 0.208 e. The lowest BCUT2D eigenvalue weighted by Crippen LogP contribution is -2.08. The van der Waals surface area contributed by atoms with Crippen LogP contribution < -0.4 is 4.90 Å². The second-order valence-corrected chi connectivity index (χ2v) is 4.43. The Labute approximate surface area is 99.1 Å². The highest BCUT2D eigenvalue weighted by Crippen LogP contribution is 2.15. The van der Waals surface area contributed by atoms with Crippen LogP contribution in [0.2, 0.25) is 0 Å². The molecular formula is C12H13N3S. The first-order valence-electron chi connectivity index (χ1n) is 4.96. The molecule has 0 bridgehead atoms. The third-order valence-electron chi connectivity index (χ3n) is 2.15. The number of hydrogen-bond donors (Lipinski definition) is 0. The molecule has 0 unspecified atom stereocenters. The van der Waals surface area contributed by atoms with Gasteiger partial charge in [0.1, 0.15) is 0 Å². The van der Waals surface area contributed by atoms with Gasteiger partial charge in [-0.15, -0.1) is 11.3 Å². The molecule has 4 heteroatoms. The molecule has 0 saturated carbocycles. The summed E-state index contributed by atoms with van der Waals surface area (Å²) in [4.78, 5) is 10.4. The predicted molar refractivity (Wildman–Crippen MR) is 70.1 cm³/mol. The van der Waals surface area contributed by atoms with Crippen LogP contribution in [0.5, 0.6) is 0 Å². The zero-order valence-electron chi connectivity index (χ0n) is 9.29. The van der Waals surface area contributed by atoms with E-state index < -0.39 is 0 Å². The molecule has 0 radical (unpaired) electrons. The Balaban J connectivity index is 2.11. The molecular weight excluding hydrogens is 218 g/mol. The van der Waals surface area contributed by atoms with E-state index in [2.05, 4.69) is 27.0 Å². The van der Waals surface area contributed by atoms with Gasteiger partial charge in [-0.05, 0) is 17.7 Å². The first kappa shape index (κ1) is 10.8. The summed E-state index contributed by atoms with van der Waals surface area (Å²) >= 11 is 1.53. The van der Waals surface area contributed by atoms with Crippen LogP contribution in [-0.2, 0) is 0 Å². The summed E-state index contributed by atoms with van der Waals surface area (Å²) in [7, 11) is 4.05. The van der Waals surface area contributed by atoms with Crippen molar-refractivity contribution in [1.29, 1.82) is 0 Å². The minimum absolute atomic E-state index is 0.789. The van der Waals surface area contributed by atoms with Crippen molar-refractivity contribution in [3.8, 4) is 0 Å². The van der Waals surface area contributed by atoms with E-state index in [1.807, 2.05) is 37.8 Å². The van der Waals surface area contributed by atoms with Crippen LogP contribution in [0.4, 0.5) is 10.8 Å². The van der Waals surface area contributed by atoms with E-state index in [4.69, 9.17) is 0 Å². The fraction of sp³-hybridized carbons (Fsp3) is 0.167. The molecule has 0 aliphatic carbocycles. The lowest BCUT2D eigenvalue weighted by atomic mass is 10.2. The van der Waals surface area contributed by atoms with E-state index >= 15 is 0 Å². The monoisotopic (exact) mass is 231 g/mol. The number of anilines is 1. The summed E-state index contributed by atoms with van der Waals surface area (Å²) in [5.41, 5.74) is 2.27. The first-order valence-corrected chi connectivity index (χ1v) is 5.84. The van der Waals surface area contributed by atoms with Gasteiger partial charge in [0.05, 0.1) is 0 Å². The zero-order chi connectivity index (χ0) is 11.4. The molecule has 3 nitrogen and oxygen atoms in total. The van der Waals surface area contributed by atoms with Crippen LogP contribution in [0.3, 0.4) is 0 Å². The molecule has 0 N–H and O–H groups in total. The van der Waals surface area contributed by atoms with Gasteiger partial charge < -0.3 is 4.90 Å². The summed E-state index contributed by atoms with van der Waals surface area (Å²) in [6.07, 6.45) is 3.59. The molecule has 82 valence electrons. The molecule has 0 saturated heterocycles. The lowest BCUT2D eigenvalue weighted by molar-refractivity contribution is 1.13. The van der Waals surface area contributed by atoms with Crippen molar-refractivity contribution in [2.24, 2.45) is 4.99 Å². The van der Waals surface area contributed by atoms with Crippen LogP contribution in [-0.4, -0.2) is 25.3 Å². The highest BCUT2D eigenvalue weighted by molar-refractivity contribution is 7.13. The van der Waals surface area contributed by atoms with E-state index in [-0.39, 0.29) is 0 Å². The van der Waals surface area contributed by atoms with E-state index in [1.165, 1.54) is 17.0 Å². The minimum Gasteiger partial charge on any atom is -0.378 e. The Morgan fingerprint density at radius 3 is 2.56 bits per heavy atom. The number of rotatable bonds is 3. The van der Waals surface area contributed by atoms with Gasteiger partial charge in [-0.2, -0.15) is 0 Å². The molecule has 1 aromatic carbocycles. The van der Waals surface area contributed by atoms with Gasteiger partial charge in [0.15, 0.2) is 0 Å². The maximum absolute atomic E-state index is 4.28. The van der Waals surface area contributed by atoms with Gasteiger partial charge in [-0.3, -0.25) is 0 Å². The molecule has 16 heavy (non-hydrogen) atoms. The zero-order valence-corrected chi connectivity index (χ0v) is 10.1. The average molecular weight is 231 g/mol. The van der Waals surface area contributed by atoms with Crippen LogP contribution in [0, 0.1) is 0 Å². The number of nitrogens with zero attached hydrogens (tertiary/aromatic N) is 3. The minimum atomic E-state index is 0.789. The van der Waals surface area contributed by atoms with Crippen LogP contribution >= 0.6 is 11.3 Å². The molecule has 0 aliphatic heterocycles. The topological polar surface area (TPSA) is 28.5 Å². The van der Waals surface area contributed by atoms with E-state index in [0.717, 1.165) is 10.7 Å². The van der Waals surface area contributed by atoms with Crippen molar-refractivity contribution in [2.75, 3.05) is 19.0 Å². The van der Waals surface area contributed by atoms with Crippen molar-refractivity contribution in [2.45, 2.75) is 0 Å². The van der Waals surface area contributed by atoms with Crippen LogP contribution in [0.25, 0.3) is 0 Å². The summed E-state index contributed by atoms with van der Waals surface area (Å²) in [5.74, 6) is 0. The molecule has 0 amide bonds. The standard InChI is InChI=1S/C12H13N3S/c1-15(2)11-5-3-10(4-6-11)9-14-12-13-7-8-16-12/h3-9H,1-2H3. The second-order valence-electron chi connectivity index (χ2n) is 3.56. The second kappa shape index (κ2) is 4.90. The van der Waals surface area contributed by atoms with Crippen molar-refractivity contribution in [3.05, 3.63) is 41.4 Å². The first-order chi connectivity index (χ1) is 7.75. The average Bonchev–Trinajstić information content (AvgIpc) is 2.80. The summed E-state index contributed by atoms with van der Waals surface area (Å²) in [5, 5.41) is 2.71. The number of hydrogen-bond acceptors (Lipinski definition) is 4. The molecule has 1 heterocycles. The highest BCUT2D eigenvalue weighted by atomic mass is 32.1. The van der Waals surface area contributed by atoms with Gasteiger partial charge in [0, 0.05) is 37.6 Å². The number of thiazole rings is 1. The van der Waals surface area contributed by atoms with Gasteiger partial charge in [-0.25, -0.2) is 9.98 Å². The van der Waals surface area contributed by atoms with Gasteiger partial charge in [0.25, 0.3) is 0 Å². The van der Waals surface area contributed by atoms with Crippen LogP contribution in [0.15, 0.2) is 40.8 Å². The number of aliphatic imine (C=N–C) groups is 1. The third kappa shape index (κ3) is 2.67. The van der Waals surface area contributed by atoms with Gasteiger partial charge >= 0.3 is 0 Å². The van der Waals surface area contributed by atoms with Crippen molar-refractivity contribution < 1.29 is 0 Å². The van der Waals surface area contributed by atoms with Gasteiger partial charge in [-0.1, -0.05) is 12.1 Å².